The molecule has 1 N–H and O–H groups in total. The highest BCUT2D eigenvalue weighted by molar-refractivity contribution is 6.75. The molecule has 0 aromatic carbocycles. The van der Waals surface area contributed by atoms with Crippen molar-refractivity contribution in [1.82, 2.24) is 0 Å². The second-order valence-corrected chi connectivity index (χ2v) is 39.1. The Balaban J connectivity index is 3.84. The predicted octanol–water partition coefficient (Wildman–Crippen LogP) is 10.4. The lowest BCUT2D eigenvalue weighted by molar-refractivity contribution is -0.179. The highest BCUT2D eigenvalue weighted by Crippen LogP contribution is 2.45. The lowest BCUT2D eigenvalue weighted by Gasteiger charge is -2.51. The minimum atomic E-state index is -2.27. The van der Waals surface area contributed by atoms with Crippen LogP contribution in [0.15, 0.2) is 0 Å². The van der Waals surface area contributed by atoms with E-state index < -0.39 is 33.3 Å². The van der Waals surface area contributed by atoms with Gasteiger partial charge in [-0.25, -0.2) is 0 Å². The van der Waals surface area contributed by atoms with E-state index in [1.54, 1.807) is 0 Å². The summed E-state index contributed by atoms with van der Waals surface area (Å²) in [6.45, 7) is 49.0. The van der Waals surface area contributed by atoms with Crippen LogP contribution in [0.25, 0.3) is 0 Å². The Morgan fingerprint density at radius 1 is 0.667 bits per heavy atom. The summed E-state index contributed by atoms with van der Waals surface area (Å²) < 4.78 is 36.0. The topological polar surface area (TPSA) is 66.4 Å². The molecule has 1 aliphatic rings. The summed E-state index contributed by atoms with van der Waals surface area (Å²) in [6, 6.07) is 0. The standard InChI is InChI=1S/C35H78O6Si4/c1-26-27(22-23-36)38-29(24-28(26)39-43(16,17)33(5,6)7)31(41-45(20,21)35(11,12)13)30(40-44(18,19)34(8,9)10)25-37-42(14,15)32(2,3)4/h26-31,36H,22-25H2,1-21H3/t26-,27+,28-,29+,30-,31+/m0/s1. The summed E-state index contributed by atoms with van der Waals surface area (Å²) in [5.41, 5.74) is 0. The molecule has 1 heterocycles. The van der Waals surface area contributed by atoms with Crippen LogP contribution in [0, 0.1) is 5.92 Å². The maximum absolute atomic E-state index is 10.1. The van der Waals surface area contributed by atoms with Crippen molar-refractivity contribution in [2.75, 3.05) is 13.2 Å². The van der Waals surface area contributed by atoms with Crippen molar-refractivity contribution in [3.63, 3.8) is 0 Å². The largest absolute Gasteiger partial charge is 0.414 e. The molecule has 6 atom stereocenters. The molecule has 10 heteroatoms. The second kappa shape index (κ2) is 14.9. The summed E-state index contributed by atoms with van der Waals surface area (Å²) in [4.78, 5) is 0. The lowest BCUT2D eigenvalue weighted by Crippen LogP contribution is -2.61. The molecular formula is C35H78O6Si4. The molecule has 0 radical (unpaired) electrons. The Morgan fingerprint density at radius 3 is 1.49 bits per heavy atom. The molecule has 6 nitrogen and oxygen atoms in total. The third kappa shape index (κ3) is 11.3. The molecule has 0 bridgehead atoms. The van der Waals surface area contributed by atoms with Gasteiger partial charge in [0.05, 0.1) is 37.1 Å². The molecule has 0 aromatic heterocycles. The number of aliphatic hydroxyl groups excluding tert-OH is 1. The smallest absolute Gasteiger partial charge is 0.192 e. The Kier molecular flexibility index (Phi) is 14.4. The first-order valence-corrected chi connectivity index (χ1v) is 29.3. The highest BCUT2D eigenvalue weighted by Gasteiger charge is 2.52. The van der Waals surface area contributed by atoms with Crippen molar-refractivity contribution in [3.05, 3.63) is 0 Å². The monoisotopic (exact) mass is 706 g/mol. The van der Waals surface area contributed by atoms with Crippen LogP contribution in [0.2, 0.25) is 72.5 Å². The molecular weight excluding hydrogens is 629 g/mol. The third-order valence-corrected chi connectivity index (χ3v) is 30.3. The van der Waals surface area contributed by atoms with E-state index in [2.05, 4.69) is 142 Å². The number of rotatable bonds is 13. The maximum Gasteiger partial charge on any atom is 0.192 e. The minimum absolute atomic E-state index is 0.0105. The number of ether oxygens (including phenoxy) is 1. The van der Waals surface area contributed by atoms with E-state index in [0.717, 1.165) is 6.42 Å². The van der Waals surface area contributed by atoms with Gasteiger partial charge < -0.3 is 27.5 Å². The fraction of sp³-hybridized carbons (Fsp3) is 1.00. The van der Waals surface area contributed by atoms with Crippen molar-refractivity contribution in [2.24, 2.45) is 5.92 Å². The van der Waals surface area contributed by atoms with Crippen LogP contribution in [-0.2, 0) is 22.4 Å². The SMILES string of the molecule is C[C@@H]1[C@@H](O[Si](C)(C)C(C)(C)C)C[C@H]([C@@H](O[Si](C)(C)C(C)(C)C)[C@H](CO[Si](C)(C)C(C)(C)C)O[Si](C)(C)C(C)(C)C)O[C@@H]1CCO. The fourth-order valence-electron chi connectivity index (χ4n) is 4.63. The maximum atomic E-state index is 10.1. The Morgan fingerprint density at radius 2 is 1.09 bits per heavy atom. The Hall–Kier alpha value is 0.628. The second-order valence-electron chi connectivity index (χ2n) is 20.1. The molecule has 45 heavy (non-hydrogen) atoms. The van der Waals surface area contributed by atoms with Crippen LogP contribution in [-0.4, -0.2) is 82.1 Å². The van der Waals surface area contributed by atoms with Crippen LogP contribution in [0.4, 0.5) is 0 Å². The molecule has 1 aliphatic heterocycles. The minimum Gasteiger partial charge on any atom is -0.414 e. The van der Waals surface area contributed by atoms with Gasteiger partial charge in [0.2, 0.25) is 0 Å². The van der Waals surface area contributed by atoms with Crippen LogP contribution >= 0.6 is 0 Å². The van der Waals surface area contributed by atoms with Crippen molar-refractivity contribution in [2.45, 2.75) is 206 Å². The average Bonchev–Trinajstić information content (AvgIpc) is 2.79. The summed E-state index contributed by atoms with van der Waals surface area (Å²) in [6.07, 6.45) is 0.382. The number of hydrogen-bond donors (Lipinski definition) is 1. The lowest BCUT2D eigenvalue weighted by atomic mass is 9.86. The van der Waals surface area contributed by atoms with Gasteiger partial charge in [0.1, 0.15) is 0 Å². The molecule has 0 unspecified atom stereocenters. The van der Waals surface area contributed by atoms with Crippen molar-refractivity contribution in [3.8, 4) is 0 Å². The highest BCUT2D eigenvalue weighted by atomic mass is 28.4. The number of aliphatic hydroxyl groups is 1. The van der Waals surface area contributed by atoms with E-state index in [-0.39, 0.29) is 63.2 Å². The van der Waals surface area contributed by atoms with Crippen LogP contribution in [0.3, 0.4) is 0 Å². The quantitative estimate of drug-likeness (QED) is 0.192. The predicted molar refractivity (Wildman–Crippen MR) is 204 cm³/mol. The van der Waals surface area contributed by atoms with Crippen LogP contribution < -0.4 is 0 Å². The summed E-state index contributed by atoms with van der Waals surface area (Å²) in [7, 11) is -8.66. The first-order chi connectivity index (χ1) is 19.7. The number of hydrogen-bond acceptors (Lipinski definition) is 6. The summed E-state index contributed by atoms with van der Waals surface area (Å²) in [5.74, 6) is 0.166. The first-order valence-electron chi connectivity index (χ1n) is 17.6. The fourth-order valence-corrected chi connectivity index (χ4v) is 9.72. The summed E-state index contributed by atoms with van der Waals surface area (Å²) >= 11 is 0. The van der Waals surface area contributed by atoms with Gasteiger partial charge in [0.25, 0.3) is 0 Å². The molecule has 0 saturated carbocycles. The van der Waals surface area contributed by atoms with E-state index in [1.165, 1.54) is 0 Å². The molecule has 1 rings (SSSR count). The van der Waals surface area contributed by atoms with E-state index in [9.17, 15) is 5.11 Å². The van der Waals surface area contributed by atoms with Crippen molar-refractivity contribution in [1.29, 1.82) is 0 Å². The Labute approximate surface area is 285 Å². The van der Waals surface area contributed by atoms with Gasteiger partial charge in [-0.15, -0.1) is 0 Å². The molecule has 1 saturated heterocycles. The van der Waals surface area contributed by atoms with E-state index in [1.807, 2.05) is 0 Å². The van der Waals surface area contributed by atoms with E-state index >= 15 is 0 Å². The average molecular weight is 707 g/mol. The van der Waals surface area contributed by atoms with Crippen molar-refractivity contribution < 1.29 is 27.5 Å². The zero-order chi connectivity index (χ0) is 35.8. The van der Waals surface area contributed by atoms with Crippen LogP contribution in [0.5, 0.6) is 0 Å². The van der Waals surface area contributed by atoms with Gasteiger partial charge in [0, 0.05) is 18.9 Å². The zero-order valence-corrected chi connectivity index (χ0v) is 37.8. The van der Waals surface area contributed by atoms with Crippen molar-refractivity contribution >= 4 is 33.3 Å². The Bertz CT molecular complexity index is 924. The van der Waals surface area contributed by atoms with E-state index in [0.29, 0.717) is 13.0 Å². The zero-order valence-electron chi connectivity index (χ0n) is 33.8. The molecule has 0 spiro atoms. The van der Waals surface area contributed by atoms with Gasteiger partial charge >= 0.3 is 0 Å². The third-order valence-electron chi connectivity index (χ3n) is 12.3. The van der Waals surface area contributed by atoms with Gasteiger partial charge in [-0.2, -0.15) is 0 Å². The van der Waals surface area contributed by atoms with Crippen LogP contribution in [0.1, 0.15) is 103 Å². The first kappa shape index (κ1) is 43.6. The van der Waals surface area contributed by atoms with Gasteiger partial charge in [-0.3, -0.25) is 0 Å². The van der Waals surface area contributed by atoms with E-state index in [4.69, 9.17) is 22.4 Å². The molecule has 270 valence electrons. The summed E-state index contributed by atoms with van der Waals surface area (Å²) in [5, 5.41) is 10.3. The normalized spacial score (nSPS) is 24.9. The van der Waals surface area contributed by atoms with Gasteiger partial charge in [0.15, 0.2) is 33.3 Å². The molecule has 0 amide bonds. The molecule has 0 aliphatic carbocycles. The molecule has 1 fully saturated rings. The molecule has 0 aromatic rings. The van der Waals surface area contributed by atoms with Gasteiger partial charge in [-0.1, -0.05) is 90.0 Å². The van der Waals surface area contributed by atoms with Gasteiger partial charge in [-0.05, 0) is 78.9 Å².